The van der Waals surface area contributed by atoms with E-state index in [1.165, 1.54) is 0 Å². The van der Waals surface area contributed by atoms with Crippen LogP contribution >= 0.6 is 11.6 Å². The molecular formula is C20H21ClN4O2. The molecule has 7 heteroatoms. The van der Waals surface area contributed by atoms with E-state index in [9.17, 15) is 0 Å². The van der Waals surface area contributed by atoms with Crippen molar-refractivity contribution >= 4 is 23.0 Å². The van der Waals surface area contributed by atoms with Gasteiger partial charge in [0.15, 0.2) is 5.82 Å². The van der Waals surface area contributed by atoms with Crippen LogP contribution in [0.3, 0.4) is 0 Å². The second-order valence-electron chi connectivity index (χ2n) is 6.34. The van der Waals surface area contributed by atoms with E-state index in [0.29, 0.717) is 35.6 Å². The summed E-state index contributed by atoms with van der Waals surface area (Å²) in [7, 11) is 1.59. The van der Waals surface area contributed by atoms with Crippen LogP contribution in [0.15, 0.2) is 48.8 Å². The molecule has 1 aliphatic rings. The van der Waals surface area contributed by atoms with Crippen molar-refractivity contribution in [3.8, 4) is 22.8 Å². The van der Waals surface area contributed by atoms with Gasteiger partial charge in [-0.15, -0.1) is 0 Å². The molecule has 3 aromatic rings. The van der Waals surface area contributed by atoms with Crippen LogP contribution in [0.2, 0.25) is 5.02 Å². The van der Waals surface area contributed by atoms with E-state index in [1.807, 2.05) is 35.0 Å². The van der Waals surface area contributed by atoms with Gasteiger partial charge in [0.05, 0.1) is 31.7 Å². The Hall–Kier alpha value is -2.70. The summed E-state index contributed by atoms with van der Waals surface area (Å²) in [4.78, 5) is 6.84. The summed E-state index contributed by atoms with van der Waals surface area (Å²) in [6.07, 6.45) is 4.11. The fourth-order valence-corrected chi connectivity index (χ4v) is 3.36. The SMILES string of the molecule is COc1ccc(N)c(-n2cc(-c3ccc(Cl)cc3)c(N3CCOCC3)c2)n1. The maximum absolute atomic E-state index is 6.18. The highest BCUT2D eigenvalue weighted by molar-refractivity contribution is 6.30. The number of methoxy groups -OCH3 is 1. The molecule has 0 unspecified atom stereocenters. The normalized spacial score (nSPS) is 14.4. The minimum atomic E-state index is 0.522. The van der Waals surface area contributed by atoms with E-state index in [-0.39, 0.29) is 0 Å². The first kappa shape index (κ1) is 17.7. The molecule has 0 aliphatic carbocycles. The molecule has 4 rings (SSSR count). The fraction of sp³-hybridized carbons (Fsp3) is 0.250. The molecule has 0 atom stereocenters. The zero-order valence-corrected chi connectivity index (χ0v) is 15.8. The van der Waals surface area contributed by atoms with Crippen molar-refractivity contribution in [1.29, 1.82) is 0 Å². The lowest BCUT2D eigenvalue weighted by Gasteiger charge is -2.29. The molecule has 0 spiro atoms. The first-order valence-electron chi connectivity index (χ1n) is 8.77. The second kappa shape index (κ2) is 7.50. The Balaban J connectivity index is 1.83. The molecule has 140 valence electrons. The topological polar surface area (TPSA) is 65.5 Å². The van der Waals surface area contributed by atoms with Gasteiger partial charge in [-0.1, -0.05) is 23.7 Å². The van der Waals surface area contributed by atoms with Crippen molar-refractivity contribution < 1.29 is 9.47 Å². The number of hydrogen-bond acceptors (Lipinski definition) is 5. The lowest BCUT2D eigenvalue weighted by Crippen LogP contribution is -2.36. The zero-order valence-electron chi connectivity index (χ0n) is 15.1. The van der Waals surface area contributed by atoms with Crippen LogP contribution in [0.4, 0.5) is 11.4 Å². The van der Waals surface area contributed by atoms with E-state index >= 15 is 0 Å². The highest BCUT2D eigenvalue weighted by Crippen LogP contribution is 2.35. The molecule has 6 nitrogen and oxygen atoms in total. The van der Waals surface area contributed by atoms with Crippen LogP contribution in [0.1, 0.15) is 0 Å². The smallest absolute Gasteiger partial charge is 0.215 e. The van der Waals surface area contributed by atoms with Gasteiger partial charge in [-0.25, -0.2) is 0 Å². The first-order valence-corrected chi connectivity index (χ1v) is 9.15. The molecule has 0 radical (unpaired) electrons. The molecule has 0 amide bonds. The van der Waals surface area contributed by atoms with Gasteiger partial charge in [-0.3, -0.25) is 0 Å². The average Bonchev–Trinajstić information content (AvgIpc) is 3.15. The van der Waals surface area contributed by atoms with E-state index < -0.39 is 0 Å². The summed E-state index contributed by atoms with van der Waals surface area (Å²) in [6, 6.07) is 11.4. The Morgan fingerprint density at radius 1 is 1.07 bits per heavy atom. The third-order valence-electron chi connectivity index (χ3n) is 4.65. The van der Waals surface area contributed by atoms with Gasteiger partial charge >= 0.3 is 0 Å². The van der Waals surface area contributed by atoms with Crippen molar-refractivity contribution in [1.82, 2.24) is 9.55 Å². The number of hydrogen-bond donors (Lipinski definition) is 1. The second-order valence-corrected chi connectivity index (χ2v) is 6.77. The summed E-state index contributed by atoms with van der Waals surface area (Å²) in [6.45, 7) is 3.10. The Morgan fingerprint density at radius 3 is 2.52 bits per heavy atom. The summed E-state index contributed by atoms with van der Waals surface area (Å²) in [5.74, 6) is 1.16. The summed E-state index contributed by atoms with van der Waals surface area (Å²) < 4.78 is 12.7. The molecule has 1 aliphatic heterocycles. The van der Waals surface area contributed by atoms with Gasteiger partial charge in [-0.2, -0.15) is 4.98 Å². The van der Waals surface area contributed by atoms with Gasteiger partial charge < -0.3 is 24.7 Å². The fourth-order valence-electron chi connectivity index (χ4n) is 3.24. The number of nitrogens with zero attached hydrogens (tertiary/aromatic N) is 3. The van der Waals surface area contributed by atoms with Gasteiger partial charge in [0.1, 0.15) is 0 Å². The van der Waals surface area contributed by atoms with Gasteiger partial charge in [0, 0.05) is 42.1 Å². The monoisotopic (exact) mass is 384 g/mol. The van der Waals surface area contributed by atoms with Crippen molar-refractivity contribution in [2.75, 3.05) is 44.0 Å². The predicted octanol–water partition coefficient (Wildman–Crippen LogP) is 3.62. The minimum Gasteiger partial charge on any atom is -0.481 e. The Labute approximate surface area is 163 Å². The van der Waals surface area contributed by atoms with E-state index in [4.69, 9.17) is 26.8 Å². The quantitative estimate of drug-likeness (QED) is 0.744. The number of nitrogens with two attached hydrogens (primary N) is 1. The zero-order chi connectivity index (χ0) is 18.8. The molecule has 0 bridgehead atoms. The number of aromatic nitrogens is 2. The number of halogens is 1. The molecule has 2 aromatic heterocycles. The van der Waals surface area contributed by atoms with E-state index in [2.05, 4.69) is 16.1 Å². The molecule has 27 heavy (non-hydrogen) atoms. The number of rotatable bonds is 4. The Bertz CT molecular complexity index is 934. The van der Waals surface area contributed by atoms with Gasteiger partial charge in [0.25, 0.3) is 0 Å². The molecule has 1 saturated heterocycles. The van der Waals surface area contributed by atoms with Crippen molar-refractivity contribution in [2.45, 2.75) is 0 Å². The number of pyridine rings is 1. The van der Waals surface area contributed by atoms with Crippen molar-refractivity contribution in [3.63, 3.8) is 0 Å². The van der Waals surface area contributed by atoms with Gasteiger partial charge in [-0.05, 0) is 23.8 Å². The highest BCUT2D eigenvalue weighted by atomic mass is 35.5. The minimum absolute atomic E-state index is 0.522. The number of nitrogen functional groups attached to an aromatic ring is 1. The predicted molar refractivity (Wildman–Crippen MR) is 108 cm³/mol. The number of benzene rings is 1. The standard InChI is InChI=1S/C20H21ClN4O2/c1-26-19-7-6-17(22)20(23-19)25-12-16(14-2-4-15(21)5-3-14)18(13-25)24-8-10-27-11-9-24/h2-7,12-13H,8-11,22H2,1H3. The Kier molecular flexibility index (Phi) is 4.92. The number of morpholine rings is 1. The van der Waals surface area contributed by atoms with Crippen LogP contribution in [0.5, 0.6) is 5.88 Å². The van der Waals surface area contributed by atoms with Gasteiger partial charge in [0.2, 0.25) is 5.88 Å². The molecule has 2 N–H and O–H groups in total. The molecular weight excluding hydrogens is 364 g/mol. The third-order valence-corrected chi connectivity index (χ3v) is 4.90. The summed E-state index contributed by atoms with van der Waals surface area (Å²) >= 11 is 6.07. The molecule has 3 heterocycles. The number of ether oxygens (including phenoxy) is 2. The van der Waals surface area contributed by atoms with Crippen LogP contribution in [-0.4, -0.2) is 43.0 Å². The first-order chi connectivity index (χ1) is 13.2. The lowest BCUT2D eigenvalue weighted by atomic mass is 10.1. The molecule has 0 saturated carbocycles. The number of anilines is 2. The third kappa shape index (κ3) is 3.59. The lowest BCUT2D eigenvalue weighted by molar-refractivity contribution is 0.123. The maximum atomic E-state index is 6.18. The van der Waals surface area contributed by atoms with Crippen molar-refractivity contribution in [2.24, 2.45) is 0 Å². The summed E-state index contributed by atoms with van der Waals surface area (Å²) in [5.41, 5.74) is 10.1. The van der Waals surface area contributed by atoms with Crippen LogP contribution in [0, 0.1) is 0 Å². The molecule has 1 fully saturated rings. The summed E-state index contributed by atoms with van der Waals surface area (Å²) in [5, 5.41) is 0.713. The largest absolute Gasteiger partial charge is 0.481 e. The van der Waals surface area contributed by atoms with Crippen LogP contribution < -0.4 is 15.4 Å². The Morgan fingerprint density at radius 2 is 1.81 bits per heavy atom. The van der Waals surface area contributed by atoms with Crippen LogP contribution in [-0.2, 0) is 4.74 Å². The van der Waals surface area contributed by atoms with E-state index in [0.717, 1.165) is 29.9 Å². The highest BCUT2D eigenvalue weighted by Gasteiger charge is 2.20. The molecule has 1 aromatic carbocycles. The van der Waals surface area contributed by atoms with Crippen molar-refractivity contribution in [3.05, 3.63) is 53.8 Å². The van der Waals surface area contributed by atoms with Crippen LogP contribution in [0.25, 0.3) is 16.9 Å². The van der Waals surface area contributed by atoms with E-state index in [1.54, 1.807) is 19.2 Å². The average molecular weight is 385 g/mol. The maximum Gasteiger partial charge on any atom is 0.215 e.